The molecular weight excluding hydrogens is 637 g/mol. The molecule has 0 N–H and O–H groups in total. The molecule has 0 unspecified atom stereocenters. The van der Waals surface area contributed by atoms with Crippen molar-refractivity contribution in [2.24, 2.45) is 0 Å². The van der Waals surface area contributed by atoms with Gasteiger partial charge in [0.25, 0.3) is 0 Å². The van der Waals surface area contributed by atoms with Gasteiger partial charge in [0.05, 0.1) is 75.1 Å². The Morgan fingerprint density at radius 1 is 0.490 bits per heavy atom. The zero-order valence-corrected chi connectivity index (χ0v) is 32.9. The third-order valence-electron chi connectivity index (χ3n) is 9.10. The number of carbonyl (C=O) groups excluding carboxylic acids is 2. The van der Waals surface area contributed by atoms with Crippen molar-refractivity contribution in [2.45, 2.75) is 128 Å². The fraction of sp³-hybridized carbons (Fsp3) is 0.650. The van der Waals surface area contributed by atoms with Crippen molar-refractivity contribution in [3.8, 4) is 0 Å². The molecule has 0 radical (unpaired) electrons. The first-order chi connectivity index (χ1) is 23.2. The van der Waals surface area contributed by atoms with E-state index in [0.29, 0.717) is 0 Å². The normalized spacial score (nSPS) is 11.6. The van der Waals surface area contributed by atoms with Crippen LogP contribution in [0.15, 0.2) is 58.3 Å². The first-order valence-corrected chi connectivity index (χ1v) is 20.2. The smallest absolute Gasteiger partial charge is 0.207 e. The highest BCUT2D eigenvalue weighted by Gasteiger charge is 2.24. The summed E-state index contributed by atoms with van der Waals surface area (Å²) in [7, 11) is 0.559. The molecule has 0 atom stereocenters. The van der Waals surface area contributed by atoms with Gasteiger partial charge in [-0.25, -0.2) is 8.42 Å². The Labute approximate surface area is 299 Å². The summed E-state index contributed by atoms with van der Waals surface area (Å²) in [6.07, 6.45) is 16.4. The average Bonchev–Trinajstić information content (AvgIpc) is 3.10. The highest BCUT2D eigenvalue weighted by atomic mass is 32.2. The van der Waals surface area contributed by atoms with E-state index in [0.717, 1.165) is 24.3 Å². The average molecular weight is 705 g/mol. The molecule has 0 aliphatic carbocycles. The maximum absolute atomic E-state index is 12.5. The summed E-state index contributed by atoms with van der Waals surface area (Å²) < 4.78 is 27.6. The fourth-order valence-corrected chi connectivity index (χ4v) is 7.40. The topological polar surface area (TPSA) is 114 Å². The number of hydrogen-bond acceptors (Lipinski definition) is 6. The highest BCUT2D eigenvalue weighted by Crippen LogP contribution is 2.26. The van der Waals surface area contributed by atoms with E-state index < -0.39 is 42.7 Å². The maximum atomic E-state index is 12.5. The second-order valence-electron chi connectivity index (χ2n) is 13.8. The molecule has 9 heteroatoms. The van der Waals surface area contributed by atoms with E-state index in [1.807, 2.05) is 0 Å². The van der Waals surface area contributed by atoms with E-state index in [1.54, 1.807) is 0 Å². The van der Waals surface area contributed by atoms with E-state index in [-0.39, 0.29) is 0 Å². The largest absolute Gasteiger partial charge is 0.545 e. The lowest BCUT2D eigenvalue weighted by atomic mass is 10.2. The van der Waals surface area contributed by atoms with Crippen molar-refractivity contribution in [3.63, 3.8) is 0 Å². The van der Waals surface area contributed by atoms with Gasteiger partial charge in [0.15, 0.2) is 0 Å². The summed E-state index contributed by atoms with van der Waals surface area (Å²) in [5.41, 5.74) is -1.07. The number of hydrogen-bond donors (Lipinski definition) is 0. The number of benzene rings is 2. The zero-order chi connectivity index (χ0) is 37.3. The number of carboxylic acid groups (broad SMARTS) is 2. The van der Waals surface area contributed by atoms with Gasteiger partial charge in [0, 0.05) is 11.1 Å². The maximum Gasteiger partial charge on any atom is 0.207 e. The van der Waals surface area contributed by atoms with Crippen molar-refractivity contribution >= 4 is 21.8 Å². The summed E-state index contributed by atoms with van der Waals surface area (Å²) >= 11 is 0. The summed E-state index contributed by atoms with van der Waals surface area (Å²) in [6.45, 7) is 22.1. The number of carboxylic acids is 2. The summed E-state index contributed by atoms with van der Waals surface area (Å²) in [5.74, 6) is -3.33. The van der Waals surface area contributed by atoms with Crippen molar-refractivity contribution in [1.82, 2.24) is 0 Å². The van der Waals surface area contributed by atoms with Crippen LogP contribution in [0, 0.1) is 0 Å². The summed E-state index contributed by atoms with van der Waals surface area (Å²) in [4.78, 5) is 21.0. The van der Waals surface area contributed by atoms with E-state index >= 15 is 0 Å². The van der Waals surface area contributed by atoms with Crippen LogP contribution in [0.3, 0.4) is 0 Å². The Kier molecular flexibility index (Phi) is 23.8. The highest BCUT2D eigenvalue weighted by molar-refractivity contribution is 7.91. The Balaban J connectivity index is 0.000000734. The molecule has 0 bridgehead atoms. The van der Waals surface area contributed by atoms with E-state index in [9.17, 15) is 28.2 Å². The molecule has 2 aromatic rings. The SMILES string of the molecule is CCCC[N+](C)(CCCC)CCCC.CCCC[N+](C)(CCCC)CCCC.O=C([O-])c1ccccc1S(=O)(=O)c1ccccc1C(=O)[O-]. The van der Waals surface area contributed by atoms with Gasteiger partial charge in [-0.05, 0) is 50.7 Å². The van der Waals surface area contributed by atoms with Crippen LogP contribution >= 0.6 is 0 Å². The van der Waals surface area contributed by atoms with Crippen LogP contribution in [0.4, 0.5) is 0 Å². The molecular formula is C40H68N2O6S. The van der Waals surface area contributed by atoms with E-state index in [2.05, 4.69) is 55.6 Å². The number of quaternary nitrogens is 2. The lowest BCUT2D eigenvalue weighted by molar-refractivity contribution is -0.910. The molecule has 8 nitrogen and oxygen atoms in total. The molecule has 0 saturated heterocycles. The molecule has 280 valence electrons. The molecule has 0 amide bonds. The monoisotopic (exact) mass is 704 g/mol. The quantitative estimate of drug-likeness (QED) is 0.123. The Morgan fingerprint density at radius 3 is 0.918 bits per heavy atom. The molecule has 0 aromatic heterocycles. The van der Waals surface area contributed by atoms with Gasteiger partial charge >= 0.3 is 0 Å². The Bertz CT molecular complexity index is 1170. The lowest BCUT2D eigenvalue weighted by Gasteiger charge is -2.34. The van der Waals surface area contributed by atoms with Gasteiger partial charge in [-0.15, -0.1) is 0 Å². The number of aromatic carboxylic acids is 2. The number of rotatable bonds is 22. The minimum absolute atomic E-state index is 0.529. The standard InChI is InChI=1S/C14H10O6S.2C13H30N/c15-13(16)9-5-1-3-7-11(9)21(19,20)12-8-4-2-6-10(12)14(17)18;2*1-5-8-11-14(4,12-9-6-2)13-10-7-3/h1-8H,(H,15,16)(H,17,18);2*5-13H2,1-4H3/q;2*+1/p-2. The van der Waals surface area contributed by atoms with Crippen LogP contribution in [-0.4, -0.2) is 82.7 Å². The van der Waals surface area contributed by atoms with Crippen LogP contribution in [-0.2, 0) is 9.84 Å². The van der Waals surface area contributed by atoms with Crippen LogP contribution in [0.1, 0.15) is 139 Å². The number of sulfone groups is 1. The molecule has 2 rings (SSSR count). The number of nitrogens with zero attached hydrogens (tertiary/aromatic N) is 2. The van der Waals surface area contributed by atoms with Gasteiger partial charge in [-0.1, -0.05) is 116 Å². The molecule has 49 heavy (non-hydrogen) atoms. The van der Waals surface area contributed by atoms with Crippen molar-refractivity contribution < 1.29 is 37.2 Å². The molecule has 0 aliphatic rings. The molecule has 0 aliphatic heterocycles. The van der Waals surface area contributed by atoms with Crippen molar-refractivity contribution in [1.29, 1.82) is 0 Å². The van der Waals surface area contributed by atoms with Crippen LogP contribution in [0.2, 0.25) is 0 Å². The second kappa shape index (κ2) is 25.2. The van der Waals surface area contributed by atoms with Crippen molar-refractivity contribution in [3.05, 3.63) is 59.7 Å². The zero-order valence-electron chi connectivity index (χ0n) is 32.1. The van der Waals surface area contributed by atoms with Gasteiger partial charge in [0.2, 0.25) is 9.84 Å². The molecule has 0 fully saturated rings. The second-order valence-corrected chi connectivity index (χ2v) is 15.7. The Morgan fingerprint density at radius 2 is 0.714 bits per heavy atom. The van der Waals surface area contributed by atoms with Gasteiger partial charge in [-0.3, -0.25) is 0 Å². The van der Waals surface area contributed by atoms with Crippen LogP contribution < -0.4 is 10.2 Å². The first kappa shape index (κ1) is 46.2. The first-order valence-electron chi connectivity index (χ1n) is 18.7. The molecule has 0 spiro atoms. The van der Waals surface area contributed by atoms with Gasteiger partial charge in [0.1, 0.15) is 0 Å². The van der Waals surface area contributed by atoms with Gasteiger partial charge in [-0.2, -0.15) is 0 Å². The lowest BCUT2D eigenvalue weighted by Crippen LogP contribution is -2.46. The minimum Gasteiger partial charge on any atom is -0.545 e. The molecule has 0 heterocycles. The van der Waals surface area contributed by atoms with Gasteiger partial charge < -0.3 is 28.8 Å². The summed E-state index contributed by atoms with van der Waals surface area (Å²) in [5, 5.41) is 22.0. The Hall–Kier alpha value is -2.75. The summed E-state index contributed by atoms with van der Waals surface area (Å²) in [6, 6.07) is 9.65. The molecule has 2 aromatic carbocycles. The molecule has 0 saturated carbocycles. The predicted molar refractivity (Wildman–Crippen MR) is 198 cm³/mol. The third-order valence-corrected chi connectivity index (χ3v) is 11.0. The third kappa shape index (κ3) is 17.7. The minimum atomic E-state index is -4.33. The number of unbranched alkanes of at least 4 members (excludes halogenated alkanes) is 6. The predicted octanol–water partition coefficient (Wildman–Crippen LogP) is 6.91. The van der Waals surface area contributed by atoms with E-state index in [4.69, 9.17) is 0 Å². The van der Waals surface area contributed by atoms with Crippen molar-refractivity contribution in [2.75, 3.05) is 53.4 Å². The fourth-order valence-electron chi connectivity index (χ4n) is 5.77. The van der Waals surface area contributed by atoms with Crippen LogP contribution in [0.25, 0.3) is 0 Å². The number of carbonyl (C=O) groups is 2. The van der Waals surface area contributed by atoms with E-state index in [1.165, 1.54) is 150 Å². The van der Waals surface area contributed by atoms with Crippen LogP contribution in [0.5, 0.6) is 0 Å².